The van der Waals surface area contributed by atoms with Crippen molar-refractivity contribution in [3.63, 3.8) is 0 Å². The van der Waals surface area contributed by atoms with Gasteiger partial charge < -0.3 is 104 Å². The Labute approximate surface area is 836 Å². The fraction of sp³-hybridized carbons (Fsp3) is 0.661. The molecule has 12 aliphatic rings. The summed E-state index contributed by atoms with van der Waals surface area (Å²) in [7, 11) is 0. The molecule has 11 saturated heterocycles. The quantitative estimate of drug-likeness (QED) is 0.0166. The lowest BCUT2D eigenvalue weighted by atomic mass is 9.79. The van der Waals surface area contributed by atoms with Crippen molar-refractivity contribution in [2.45, 2.75) is 301 Å². The largest absolute Gasteiger partial charge is 0.463 e. The second-order valence-electron chi connectivity index (χ2n) is 38.0. The van der Waals surface area contributed by atoms with Crippen LogP contribution >= 0.6 is 0 Å². The summed E-state index contributed by atoms with van der Waals surface area (Å²) >= 11 is 0. The van der Waals surface area contributed by atoms with E-state index in [0.717, 1.165) is 109 Å². The van der Waals surface area contributed by atoms with Gasteiger partial charge in [-0.05, 0) is 173 Å². The van der Waals surface area contributed by atoms with Gasteiger partial charge in [0.05, 0.1) is 118 Å². The molecule has 142 heavy (non-hydrogen) atoms. The van der Waals surface area contributed by atoms with E-state index in [1.165, 1.54) is 76.2 Å². The summed E-state index contributed by atoms with van der Waals surface area (Å²) in [5.74, 6) is -3.72. The van der Waals surface area contributed by atoms with Gasteiger partial charge in [-0.25, -0.2) is 28.8 Å². The number of hydrogen-bond acceptors (Lipinski definition) is 33. The molecule has 12 fully saturated rings. The number of carbonyl (C=O) groups is 11. The minimum absolute atomic E-state index is 0.00919. The fourth-order valence-corrected chi connectivity index (χ4v) is 13.9. The van der Waals surface area contributed by atoms with Gasteiger partial charge in [-0.3, -0.25) is 24.0 Å². The Bertz CT molecular complexity index is 4210. The SMILES string of the molecule is C/C=C/CC/C=C(\C)CCCCCCC(=O)OCC1CO1.C/C=C/CC/C=C/CCCCCCC(=O)OCC1CO1.CC1(COC(=O)c2ccccc2C(=O)OCC2(C)CO2)CO1.CCCCC(C)CCCCCCC(=O)OCC1CO1.O=C(OCC1CO1)C1CCCCC1C(=O)OCC1CO1.O=C(OCC1CO1)c1ccc(C(=O)OCC2CO2)cc1.O=C(OCC1CO1)c1ccccc1C(=O)OCC1CO1. The maximum atomic E-state index is 12.1. The zero-order valence-electron chi connectivity index (χ0n) is 84.4. The molecule has 0 aromatic heterocycles. The zero-order valence-corrected chi connectivity index (χ0v) is 84.4. The van der Waals surface area contributed by atoms with Crippen molar-refractivity contribution in [2.24, 2.45) is 17.8 Å². The van der Waals surface area contributed by atoms with E-state index in [0.29, 0.717) is 129 Å². The summed E-state index contributed by atoms with van der Waals surface area (Å²) in [5, 5.41) is 0. The highest BCUT2D eigenvalue weighted by atomic mass is 16.7. The van der Waals surface area contributed by atoms with Crippen LogP contribution in [-0.2, 0) is 128 Å². The number of esters is 11. The zero-order chi connectivity index (χ0) is 101. The highest BCUT2D eigenvalue weighted by Crippen LogP contribution is 2.34. The van der Waals surface area contributed by atoms with E-state index in [-0.39, 0.29) is 170 Å². The number of rotatable bonds is 60. The third-order valence-electron chi connectivity index (χ3n) is 24.1. The van der Waals surface area contributed by atoms with Crippen molar-refractivity contribution in [2.75, 3.05) is 145 Å². The molecule has 14 unspecified atom stereocenters. The lowest BCUT2D eigenvalue weighted by Crippen LogP contribution is -2.35. The Morgan fingerprint density at radius 3 is 0.951 bits per heavy atom. The average Bonchev–Trinajstić information content (AvgIpc) is 1.48. The first kappa shape index (κ1) is 116. The van der Waals surface area contributed by atoms with E-state index in [1.54, 1.807) is 72.8 Å². The summed E-state index contributed by atoms with van der Waals surface area (Å²) < 4.78 is 112. The van der Waals surface area contributed by atoms with Gasteiger partial charge in [-0.15, -0.1) is 0 Å². The van der Waals surface area contributed by atoms with Crippen LogP contribution in [-0.4, -0.2) is 277 Å². The fourth-order valence-electron chi connectivity index (χ4n) is 13.9. The molecule has 788 valence electrons. The number of carbonyl (C=O) groups excluding carboxylic acids is 11. The topological polar surface area (TPSA) is 427 Å². The van der Waals surface area contributed by atoms with Gasteiger partial charge in [0.25, 0.3) is 0 Å². The molecule has 0 bridgehead atoms. The van der Waals surface area contributed by atoms with Crippen molar-refractivity contribution in [3.8, 4) is 0 Å². The second-order valence-corrected chi connectivity index (χ2v) is 38.0. The molecule has 0 radical (unpaired) electrons. The summed E-state index contributed by atoms with van der Waals surface area (Å²) in [6, 6.07) is 19.0. The third-order valence-corrected chi connectivity index (χ3v) is 24.1. The van der Waals surface area contributed by atoms with Crippen molar-refractivity contribution in [1.29, 1.82) is 0 Å². The first-order valence-corrected chi connectivity index (χ1v) is 51.3. The standard InChI is InChI=1S/C18H30O3.C17H28O3.C16H18O6.C16H30O3.C14H14O6.C14H20O6.C14H14O6/c1-3-4-5-8-11-16(2)12-9-6-7-10-13-18(19)21-15-17-14-20-17;1-2-3-4-5-6-7-8-9-10-11-12-13-17(18)20-15-16-14-19-16;1-15(9-21-15)7-19-13(17)11-5-3-4-6-12(11)14(18)20-8-16(2)10-22-16;1-3-4-9-14(2)10-7-5-6-8-11-16(17)19-13-15-12-18-15;15-13(19-7-11-5-17-11)9-1-2-10(4-3-9)14(16)20-8-12-6-18-12;2*15-13(19-7-9-5-17-9)11-3-1-2-4-12(11)14(16)20-8-10-6-18-10/h3-4,11,17H,5-10,12-15H2,1-2H3;2-3,6-7,16H,4-5,8-15H2,1H3;3-6H,7-10H2,1-2H3;14-15H,3-13H2,1-2H3;1-4,11-12H,5-8H2;9-12H,1-8H2;1-4,9-10H,5-8H2/b4-3+,16-11+;3-2+,7-6+;;;;;. The van der Waals surface area contributed by atoms with Gasteiger partial charge in [-0.2, -0.15) is 0 Å². The first-order valence-electron chi connectivity index (χ1n) is 51.3. The summed E-state index contributed by atoms with van der Waals surface area (Å²) in [5.41, 5.74) is 2.30. The molecule has 33 heteroatoms. The van der Waals surface area contributed by atoms with Gasteiger partial charge in [0.15, 0.2) is 0 Å². The van der Waals surface area contributed by atoms with Crippen LogP contribution in [0.3, 0.4) is 0 Å². The maximum absolute atomic E-state index is 12.1. The molecular weight excluding hydrogens is 1840 g/mol. The van der Waals surface area contributed by atoms with Gasteiger partial charge >= 0.3 is 65.7 Å². The Morgan fingerprint density at radius 1 is 0.338 bits per heavy atom. The van der Waals surface area contributed by atoms with Crippen molar-refractivity contribution in [3.05, 3.63) is 154 Å². The molecule has 11 aliphatic heterocycles. The molecule has 1 aliphatic carbocycles. The number of hydrogen-bond donors (Lipinski definition) is 0. The van der Waals surface area contributed by atoms with Crippen LogP contribution in [0.4, 0.5) is 0 Å². The molecule has 3 aromatic rings. The molecule has 0 spiro atoms. The number of epoxide rings is 11. The lowest BCUT2D eigenvalue weighted by molar-refractivity contribution is -0.163. The minimum atomic E-state index is -0.557. The minimum Gasteiger partial charge on any atom is -0.463 e. The van der Waals surface area contributed by atoms with Gasteiger partial charge in [0, 0.05) is 19.3 Å². The molecule has 1 saturated carbocycles. The van der Waals surface area contributed by atoms with Crippen LogP contribution in [0.1, 0.15) is 297 Å². The summed E-state index contributed by atoms with van der Waals surface area (Å²) in [6.07, 6.45) is 47.0. The van der Waals surface area contributed by atoms with Crippen LogP contribution in [0.25, 0.3) is 0 Å². The number of ether oxygens (including phenoxy) is 22. The van der Waals surface area contributed by atoms with Crippen molar-refractivity contribution >= 4 is 65.7 Å². The molecule has 0 amide bonds. The molecule has 0 N–H and O–H groups in total. The molecule has 11 heterocycles. The smallest absolute Gasteiger partial charge is 0.339 e. The van der Waals surface area contributed by atoms with E-state index in [1.807, 2.05) is 13.8 Å². The maximum Gasteiger partial charge on any atom is 0.339 e. The normalized spacial score (nSPS) is 23.7. The highest BCUT2D eigenvalue weighted by molar-refractivity contribution is 6.04. The molecule has 33 nitrogen and oxygen atoms in total. The van der Waals surface area contributed by atoms with E-state index in [9.17, 15) is 52.7 Å². The number of benzene rings is 3. The van der Waals surface area contributed by atoms with E-state index in [4.69, 9.17) is 104 Å². The monoisotopic (exact) mass is 1990 g/mol. The Hall–Kier alpha value is -9.65. The predicted octanol–water partition coefficient (Wildman–Crippen LogP) is 16.7. The lowest BCUT2D eigenvalue weighted by Gasteiger charge is -2.28. The van der Waals surface area contributed by atoms with Crippen LogP contribution in [0, 0.1) is 17.8 Å². The van der Waals surface area contributed by atoms with E-state index >= 15 is 0 Å². The molecule has 14 atom stereocenters. The van der Waals surface area contributed by atoms with E-state index < -0.39 is 35.8 Å². The summed E-state index contributed by atoms with van der Waals surface area (Å²) in [4.78, 5) is 130. The van der Waals surface area contributed by atoms with Gasteiger partial charge in [0.1, 0.15) is 139 Å². The van der Waals surface area contributed by atoms with Crippen LogP contribution in [0.15, 0.2) is 121 Å². The van der Waals surface area contributed by atoms with Crippen molar-refractivity contribution < 1.29 is 157 Å². The Kier molecular flexibility index (Phi) is 53.6. The number of allylic oxidation sites excluding steroid dienone is 8. The highest BCUT2D eigenvalue weighted by Gasteiger charge is 2.44. The second kappa shape index (κ2) is 65.7. The predicted molar refractivity (Wildman–Crippen MR) is 520 cm³/mol. The van der Waals surface area contributed by atoms with Crippen LogP contribution < -0.4 is 0 Å². The molecule has 3 aromatic carbocycles. The Morgan fingerprint density at radius 2 is 0.620 bits per heavy atom. The third kappa shape index (κ3) is 54.3. The van der Waals surface area contributed by atoms with Crippen molar-refractivity contribution in [1.82, 2.24) is 0 Å². The van der Waals surface area contributed by atoms with E-state index in [2.05, 4.69) is 77.2 Å². The molecular formula is C109H154O33. The number of unbranched alkanes of at least 4 members (excludes halogenated alkanes) is 13. The van der Waals surface area contributed by atoms with Crippen LogP contribution in [0.5, 0.6) is 0 Å². The van der Waals surface area contributed by atoms with Gasteiger partial charge in [-0.1, -0.05) is 170 Å². The summed E-state index contributed by atoms with van der Waals surface area (Å²) in [6.45, 7) is 25.1. The average molecular weight is 1990 g/mol. The first-order chi connectivity index (χ1) is 68.9. The van der Waals surface area contributed by atoms with Gasteiger partial charge in [0.2, 0.25) is 0 Å². The van der Waals surface area contributed by atoms with Crippen LogP contribution in [0.2, 0.25) is 0 Å². The molecule has 15 rings (SSSR count). The Balaban J connectivity index is 0.000000185.